The molecule has 1 heterocycles. The average molecular weight is 269 g/mol. The Morgan fingerprint density at radius 1 is 1.12 bits per heavy atom. The minimum Gasteiger partial charge on any atom is -0.202 e. The van der Waals surface area contributed by atoms with Crippen molar-refractivity contribution in [3.8, 4) is 0 Å². The second-order valence-corrected chi connectivity index (χ2v) is 4.30. The number of hydrogen-bond donors (Lipinski definition) is 0. The SMILES string of the molecule is Cc1nnc(C)n1N=Cc1c(Cl)cccc1Cl. The predicted molar refractivity (Wildman–Crippen MR) is 69.0 cm³/mol. The third-order valence-corrected chi connectivity index (χ3v) is 2.91. The minimum atomic E-state index is 0.560. The lowest BCUT2D eigenvalue weighted by Crippen LogP contribution is -1.97. The van der Waals surface area contributed by atoms with Crippen molar-refractivity contribution in [2.45, 2.75) is 13.8 Å². The van der Waals surface area contributed by atoms with Gasteiger partial charge in [0.1, 0.15) is 0 Å². The van der Waals surface area contributed by atoms with Crippen LogP contribution in [0.1, 0.15) is 17.2 Å². The third-order valence-electron chi connectivity index (χ3n) is 2.25. The van der Waals surface area contributed by atoms with Crippen LogP contribution in [0.15, 0.2) is 23.3 Å². The van der Waals surface area contributed by atoms with E-state index in [1.54, 1.807) is 29.1 Å². The molecule has 0 aliphatic rings. The Bertz CT molecular complexity index is 535. The fraction of sp³-hybridized carbons (Fsp3) is 0.182. The smallest absolute Gasteiger partial charge is 0.151 e. The van der Waals surface area contributed by atoms with Crippen LogP contribution in [0.5, 0.6) is 0 Å². The standard InChI is InChI=1S/C11H10Cl2N4/c1-7-15-16-8(2)17(7)14-6-9-10(12)4-3-5-11(9)13/h3-6H,1-2H3. The number of halogens is 2. The van der Waals surface area contributed by atoms with Gasteiger partial charge in [-0.1, -0.05) is 29.3 Å². The van der Waals surface area contributed by atoms with E-state index < -0.39 is 0 Å². The summed E-state index contributed by atoms with van der Waals surface area (Å²) in [5, 5.41) is 13.2. The van der Waals surface area contributed by atoms with E-state index in [0.29, 0.717) is 27.3 Å². The first kappa shape index (κ1) is 12.1. The van der Waals surface area contributed by atoms with Crippen molar-refractivity contribution in [1.29, 1.82) is 0 Å². The van der Waals surface area contributed by atoms with E-state index in [2.05, 4.69) is 15.3 Å². The zero-order valence-electron chi connectivity index (χ0n) is 9.35. The van der Waals surface area contributed by atoms with Gasteiger partial charge in [0, 0.05) is 5.56 Å². The Morgan fingerprint density at radius 2 is 1.65 bits per heavy atom. The lowest BCUT2D eigenvalue weighted by molar-refractivity contribution is 0.799. The van der Waals surface area contributed by atoms with Crippen LogP contribution < -0.4 is 0 Å². The molecule has 0 spiro atoms. The Balaban J connectivity index is 2.39. The topological polar surface area (TPSA) is 43.1 Å². The molecule has 6 heteroatoms. The Hall–Kier alpha value is -1.39. The largest absolute Gasteiger partial charge is 0.202 e. The molecule has 0 unspecified atom stereocenters. The first-order valence-corrected chi connectivity index (χ1v) is 5.72. The normalized spacial score (nSPS) is 11.3. The van der Waals surface area contributed by atoms with Crippen molar-refractivity contribution < 1.29 is 0 Å². The number of nitrogens with zero attached hydrogens (tertiary/aromatic N) is 4. The number of aromatic nitrogens is 3. The highest BCUT2D eigenvalue weighted by Crippen LogP contribution is 2.22. The van der Waals surface area contributed by atoms with E-state index >= 15 is 0 Å². The van der Waals surface area contributed by atoms with Crippen LogP contribution in [0.25, 0.3) is 0 Å². The van der Waals surface area contributed by atoms with Crippen LogP contribution in [-0.2, 0) is 0 Å². The van der Waals surface area contributed by atoms with Gasteiger partial charge < -0.3 is 0 Å². The molecule has 2 aromatic rings. The molecule has 1 aromatic heterocycles. The molecule has 0 radical (unpaired) electrons. The lowest BCUT2D eigenvalue weighted by Gasteiger charge is -2.01. The summed E-state index contributed by atoms with van der Waals surface area (Å²) in [4.78, 5) is 0. The summed E-state index contributed by atoms with van der Waals surface area (Å²) in [6, 6.07) is 5.32. The molecule has 1 aromatic carbocycles. The average Bonchev–Trinajstić information content (AvgIpc) is 2.59. The quantitative estimate of drug-likeness (QED) is 0.786. The number of hydrogen-bond acceptors (Lipinski definition) is 3. The summed E-state index contributed by atoms with van der Waals surface area (Å²) < 4.78 is 1.62. The molecule has 88 valence electrons. The monoisotopic (exact) mass is 268 g/mol. The fourth-order valence-electron chi connectivity index (χ4n) is 1.38. The van der Waals surface area contributed by atoms with Crippen LogP contribution >= 0.6 is 23.2 Å². The van der Waals surface area contributed by atoms with Gasteiger partial charge in [-0.2, -0.15) is 5.10 Å². The maximum absolute atomic E-state index is 6.03. The van der Waals surface area contributed by atoms with Gasteiger partial charge in [0.25, 0.3) is 0 Å². The van der Waals surface area contributed by atoms with Gasteiger partial charge >= 0.3 is 0 Å². The summed E-state index contributed by atoms with van der Waals surface area (Å²) in [5.41, 5.74) is 0.684. The van der Waals surface area contributed by atoms with Crippen LogP contribution in [0.2, 0.25) is 10.0 Å². The second kappa shape index (κ2) is 4.85. The first-order valence-electron chi connectivity index (χ1n) is 4.96. The van der Waals surface area contributed by atoms with Crippen LogP contribution in [0.3, 0.4) is 0 Å². The predicted octanol–water partition coefficient (Wildman–Crippen LogP) is 3.08. The third kappa shape index (κ3) is 2.48. The van der Waals surface area contributed by atoms with Crippen molar-refractivity contribution in [3.63, 3.8) is 0 Å². The molecule has 0 aliphatic heterocycles. The van der Waals surface area contributed by atoms with Crippen molar-refractivity contribution in [3.05, 3.63) is 45.5 Å². The highest BCUT2D eigenvalue weighted by atomic mass is 35.5. The minimum absolute atomic E-state index is 0.560. The van der Waals surface area contributed by atoms with Gasteiger partial charge in [-0.25, -0.2) is 4.68 Å². The zero-order chi connectivity index (χ0) is 12.4. The van der Waals surface area contributed by atoms with E-state index in [1.165, 1.54) is 0 Å². The Kier molecular flexibility index (Phi) is 3.45. The molecule has 0 amide bonds. The molecule has 0 saturated carbocycles. The van der Waals surface area contributed by atoms with Crippen molar-refractivity contribution in [2.75, 3.05) is 0 Å². The molecular weight excluding hydrogens is 259 g/mol. The highest BCUT2D eigenvalue weighted by molar-refractivity contribution is 6.38. The fourth-order valence-corrected chi connectivity index (χ4v) is 1.88. The second-order valence-electron chi connectivity index (χ2n) is 3.49. The summed E-state index contributed by atoms with van der Waals surface area (Å²) in [7, 11) is 0. The number of aryl methyl sites for hydroxylation is 2. The van der Waals surface area contributed by atoms with Crippen LogP contribution in [0, 0.1) is 13.8 Å². The molecule has 2 rings (SSSR count). The Morgan fingerprint density at radius 3 is 2.18 bits per heavy atom. The Labute approximate surface area is 109 Å². The van der Waals surface area contributed by atoms with E-state index in [-0.39, 0.29) is 0 Å². The van der Waals surface area contributed by atoms with Crippen molar-refractivity contribution in [1.82, 2.24) is 14.9 Å². The van der Waals surface area contributed by atoms with E-state index in [0.717, 1.165) is 0 Å². The summed E-state index contributed by atoms with van der Waals surface area (Å²) >= 11 is 12.1. The van der Waals surface area contributed by atoms with E-state index in [9.17, 15) is 0 Å². The molecule has 0 bridgehead atoms. The lowest BCUT2D eigenvalue weighted by atomic mass is 10.2. The maximum atomic E-state index is 6.03. The summed E-state index contributed by atoms with van der Waals surface area (Å²) in [6.45, 7) is 3.65. The van der Waals surface area contributed by atoms with Gasteiger partial charge in [0.05, 0.1) is 16.3 Å². The van der Waals surface area contributed by atoms with Gasteiger partial charge in [-0.3, -0.25) is 0 Å². The molecule has 0 N–H and O–H groups in total. The van der Waals surface area contributed by atoms with E-state index in [1.807, 2.05) is 13.8 Å². The first-order chi connectivity index (χ1) is 8.09. The van der Waals surface area contributed by atoms with Gasteiger partial charge in [-0.05, 0) is 26.0 Å². The van der Waals surface area contributed by atoms with Crippen LogP contribution in [-0.4, -0.2) is 21.1 Å². The summed E-state index contributed by atoms with van der Waals surface area (Å²) in [5.74, 6) is 1.42. The number of rotatable bonds is 2. The van der Waals surface area contributed by atoms with E-state index in [4.69, 9.17) is 23.2 Å². The van der Waals surface area contributed by atoms with Gasteiger partial charge in [0.2, 0.25) is 0 Å². The molecule has 4 nitrogen and oxygen atoms in total. The van der Waals surface area contributed by atoms with Crippen LogP contribution in [0.4, 0.5) is 0 Å². The van der Waals surface area contributed by atoms with Gasteiger partial charge in [0.15, 0.2) is 11.6 Å². The highest BCUT2D eigenvalue weighted by Gasteiger charge is 2.04. The summed E-state index contributed by atoms with van der Waals surface area (Å²) in [6.07, 6.45) is 1.61. The van der Waals surface area contributed by atoms with Crippen molar-refractivity contribution >= 4 is 29.4 Å². The molecule has 0 saturated heterocycles. The molecule has 0 aliphatic carbocycles. The zero-order valence-corrected chi connectivity index (χ0v) is 10.9. The molecule has 0 fully saturated rings. The van der Waals surface area contributed by atoms with Crippen molar-refractivity contribution in [2.24, 2.45) is 5.10 Å². The molecule has 0 atom stereocenters. The molecule has 17 heavy (non-hydrogen) atoms. The maximum Gasteiger partial charge on any atom is 0.151 e. The molecular formula is C11H10Cl2N4. The number of benzene rings is 1. The van der Waals surface area contributed by atoms with Gasteiger partial charge in [-0.15, -0.1) is 10.2 Å².